The fraction of sp³-hybridized carbons (Fsp3) is 1.00. The molecule has 0 N–H and O–H groups in total. The summed E-state index contributed by atoms with van der Waals surface area (Å²) in [6.45, 7) is 0. The summed E-state index contributed by atoms with van der Waals surface area (Å²) in [4.78, 5) is 0. The van der Waals surface area contributed by atoms with Crippen molar-refractivity contribution in [3.8, 4) is 0 Å². The van der Waals surface area contributed by atoms with Crippen LogP contribution in [0.4, 0.5) is 0 Å². The second-order valence-corrected chi connectivity index (χ2v) is 44.2. The van der Waals surface area contributed by atoms with Crippen molar-refractivity contribution in [2.45, 2.75) is 144 Å². The standard InChI is InChI=1S/4C6H11.S.2Sn/c4*1-2-4-6-5-3-1;;;/h4*1H,2-6H2;;;. The van der Waals surface area contributed by atoms with E-state index in [1.54, 1.807) is 128 Å². The van der Waals surface area contributed by atoms with Gasteiger partial charge in [-0.1, -0.05) is 0 Å². The molecule has 0 aromatic carbocycles. The van der Waals surface area contributed by atoms with Crippen LogP contribution in [0.2, 0.25) is 15.7 Å². The van der Waals surface area contributed by atoms with E-state index in [0.717, 1.165) is 0 Å². The summed E-state index contributed by atoms with van der Waals surface area (Å²) in [6, 6.07) is 0. The SMILES string of the molecule is C1CC[CH]([Sn]([S][Sn]([CH]2CCCCC2)[CH]2CCCCC2)[CH]2CCCCC2)CC1. The Morgan fingerprint density at radius 2 is 0.556 bits per heavy atom. The molecule has 154 valence electrons. The van der Waals surface area contributed by atoms with Crippen LogP contribution in [0.15, 0.2) is 0 Å². The van der Waals surface area contributed by atoms with Gasteiger partial charge in [0.2, 0.25) is 0 Å². The van der Waals surface area contributed by atoms with Gasteiger partial charge in [0, 0.05) is 0 Å². The van der Waals surface area contributed by atoms with Gasteiger partial charge in [-0.3, -0.25) is 0 Å². The first-order valence-electron chi connectivity index (χ1n) is 12.8. The molecule has 0 aromatic rings. The first kappa shape index (κ1) is 22.2. The molecule has 0 aromatic heterocycles. The summed E-state index contributed by atoms with van der Waals surface area (Å²) in [5.74, 6) is 0. The molecule has 0 unspecified atom stereocenters. The van der Waals surface area contributed by atoms with Crippen molar-refractivity contribution < 1.29 is 0 Å². The van der Waals surface area contributed by atoms with E-state index in [4.69, 9.17) is 0 Å². The van der Waals surface area contributed by atoms with Gasteiger partial charge in [0.15, 0.2) is 0 Å². The molecule has 0 atom stereocenters. The minimum atomic E-state index is -1.30. The van der Waals surface area contributed by atoms with Crippen molar-refractivity contribution in [3.05, 3.63) is 0 Å². The van der Waals surface area contributed by atoms with E-state index in [2.05, 4.69) is 6.13 Å². The maximum atomic E-state index is 3.01. The average molecular weight is 602 g/mol. The molecular formula is C24H44SSn2. The number of hydrogen-bond acceptors (Lipinski definition) is 1. The molecule has 0 heterocycles. The van der Waals surface area contributed by atoms with Crippen molar-refractivity contribution in [2.75, 3.05) is 0 Å². The van der Waals surface area contributed by atoms with Gasteiger partial charge in [-0.15, -0.1) is 0 Å². The van der Waals surface area contributed by atoms with Gasteiger partial charge in [-0.2, -0.15) is 0 Å². The normalized spacial score (nSPS) is 28.2. The van der Waals surface area contributed by atoms with Crippen molar-refractivity contribution in [2.24, 2.45) is 0 Å². The number of hydrogen-bond donors (Lipinski definition) is 0. The van der Waals surface area contributed by atoms with E-state index in [-0.39, 0.29) is 0 Å². The zero-order valence-corrected chi connectivity index (χ0v) is 24.4. The molecule has 0 spiro atoms. The Kier molecular flexibility index (Phi) is 9.93. The molecule has 4 aliphatic carbocycles. The van der Waals surface area contributed by atoms with E-state index in [1.165, 1.54) is 15.7 Å². The number of rotatable bonds is 6. The van der Waals surface area contributed by atoms with Crippen LogP contribution in [0.1, 0.15) is 128 Å². The molecule has 4 fully saturated rings. The monoisotopic (exact) mass is 604 g/mol. The summed E-state index contributed by atoms with van der Waals surface area (Å²) in [7, 11) is 0. The van der Waals surface area contributed by atoms with Crippen molar-refractivity contribution >= 4 is 42.9 Å². The first-order chi connectivity index (χ1) is 13.4. The predicted molar refractivity (Wildman–Crippen MR) is 126 cm³/mol. The molecule has 4 rings (SSSR count). The van der Waals surface area contributed by atoms with Crippen LogP contribution in [-0.2, 0) is 0 Å². The Hall–Kier alpha value is 1.95. The zero-order chi connectivity index (χ0) is 18.3. The Balaban J connectivity index is 1.49. The summed E-state index contributed by atoms with van der Waals surface area (Å²) >= 11 is -2.60. The summed E-state index contributed by atoms with van der Waals surface area (Å²) in [6.07, 6.45) is 35.6. The third kappa shape index (κ3) is 6.47. The van der Waals surface area contributed by atoms with E-state index < -0.39 is 36.8 Å². The van der Waals surface area contributed by atoms with Crippen LogP contribution in [-0.4, -0.2) is 36.8 Å². The van der Waals surface area contributed by atoms with Gasteiger partial charge in [0.25, 0.3) is 0 Å². The van der Waals surface area contributed by atoms with Crippen LogP contribution in [0, 0.1) is 0 Å². The third-order valence-corrected chi connectivity index (χ3v) is 64.6. The van der Waals surface area contributed by atoms with Crippen molar-refractivity contribution in [1.29, 1.82) is 0 Å². The van der Waals surface area contributed by atoms with Crippen LogP contribution < -0.4 is 0 Å². The molecule has 4 saturated carbocycles. The van der Waals surface area contributed by atoms with Gasteiger partial charge in [-0.05, 0) is 0 Å². The summed E-state index contributed by atoms with van der Waals surface area (Å²) in [5, 5.41) is 0. The van der Waals surface area contributed by atoms with E-state index in [0.29, 0.717) is 0 Å². The quantitative estimate of drug-likeness (QED) is 0.274. The van der Waals surface area contributed by atoms with Crippen LogP contribution in [0.25, 0.3) is 0 Å². The molecule has 0 bridgehead atoms. The topological polar surface area (TPSA) is 0 Å². The Morgan fingerprint density at radius 3 is 0.778 bits per heavy atom. The minimum absolute atomic E-state index is 1.30. The van der Waals surface area contributed by atoms with E-state index >= 15 is 0 Å². The van der Waals surface area contributed by atoms with Crippen molar-refractivity contribution in [3.63, 3.8) is 0 Å². The molecule has 0 saturated heterocycles. The second kappa shape index (κ2) is 12.1. The van der Waals surface area contributed by atoms with Crippen molar-refractivity contribution in [1.82, 2.24) is 0 Å². The van der Waals surface area contributed by atoms with Gasteiger partial charge in [0.05, 0.1) is 0 Å². The Labute approximate surface area is 185 Å². The molecule has 27 heavy (non-hydrogen) atoms. The van der Waals surface area contributed by atoms with Gasteiger partial charge < -0.3 is 0 Å². The Bertz CT molecular complexity index is 331. The molecule has 0 aliphatic heterocycles. The molecule has 0 nitrogen and oxygen atoms in total. The average Bonchev–Trinajstić information content (AvgIpc) is 2.77. The van der Waals surface area contributed by atoms with Gasteiger partial charge >= 0.3 is 187 Å². The first-order valence-corrected chi connectivity index (χ1v) is 27.2. The van der Waals surface area contributed by atoms with Crippen LogP contribution in [0.5, 0.6) is 0 Å². The predicted octanol–water partition coefficient (Wildman–Crippen LogP) is 9.04. The fourth-order valence-electron chi connectivity index (χ4n) is 6.68. The Morgan fingerprint density at radius 1 is 0.333 bits per heavy atom. The van der Waals surface area contributed by atoms with E-state index in [9.17, 15) is 0 Å². The van der Waals surface area contributed by atoms with Gasteiger partial charge in [-0.25, -0.2) is 0 Å². The van der Waals surface area contributed by atoms with Gasteiger partial charge in [0.1, 0.15) is 0 Å². The van der Waals surface area contributed by atoms with E-state index in [1.807, 2.05) is 0 Å². The zero-order valence-electron chi connectivity index (χ0n) is 17.9. The molecular weight excluding hydrogens is 558 g/mol. The second-order valence-electron chi connectivity index (χ2n) is 10.2. The fourth-order valence-corrected chi connectivity index (χ4v) is 90.9. The molecule has 0 amide bonds. The molecule has 4 aliphatic rings. The summed E-state index contributed by atoms with van der Waals surface area (Å²) < 4.78 is 5.27. The molecule has 3 heteroatoms. The maximum absolute atomic E-state index is 3.01. The summed E-state index contributed by atoms with van der Waals surface area (Å²) in [5.41, 5.74) is 0. The molecule has 2 radical (unpaired) electrons. The third-order valence-electron chi connectivity index (χ3n) is 8.27. The van der Waals surface area contributed by atoms with Crippen LogP contribution in [0.3, 0.4) is 0 Å². The van der Waals surface area contributed by atoms with Crippen LogP contribution >= 0.6 is 6.13 Å².